The van der Waals surface area contributed by atoms with Gasteiger partial charge in [-0.05, 0) is 24.5 Å². The van der Waals surface area contributed by atoms with Gasteiger partial charge in [0.1, 0.15) is 5.75 Å². The van der Waals surface area contributed by atoms with Crippen molar-refractivity contribution in [3.63, 3.8) is 0 Å². The molecule has 0 bridgehead atoms. The van der Waals surface area contributed by atoms with Gasteiger partial charge in [-0.15, -0.1) is 0 Å². The van der Waals surface area contributed by atoms with Crippen LogP contribution in [0.2, 0.25) is 0 Å². The molecule has 0 aromatic heterocycles. The van der Waals surface area contributed by atoms with E-state index in [9.17, 15) is 9.59 Å². The third-order valence-electron chi connectivity index (χ3n) is 3.58. The zero-order valence-corrected chi connectivity index (χ0v) is 11.6. The number of fused-ring (bicyclic) bond motifs is 1. The topological polar surface area (TPSA) is 66.8 Å². The average Bonchev–Trinajstić information content (AvgIpc) is 2.45. The monoisotopic (exact) mass is 277 g/mol. The highest BCUT2D eigenvalue weighted by Gasteiger charge is 2.22. The summed E-state index contributed by atoms with van der Waals surface area (Å²) in [6, 6.07) is 5.92. The molecule has 20 heavy (non-hydrogen) atoms. The Bertz CT molecular complexity index is 498. The molecule has 0 atom stereocenters. The number of amides is 1. The van der Waals surface area contributed by atoms with Crippen LogP contribution in [-0.2, 0) is 22.6 Å². The van der Waals surface area contributed by atoms with E-state index in [4.69, 9.17) is 9.84 Å². The van der Waals surface area contributed by atoms with Crippen LogP contribution in [0, 0.1) is 0 Å². The van der Waals surface area contributed by atoms with Crippen LogP contribution < -0.4 is 4.74 Å². The van der Waals surface area contributed by atoms with Crippen LogP contribution >= 0.6 is 0 Å². The van der Waals surface area contributed by atoms with Crippen molar-refractivity contribution in [1.82, 2.24) is 4.90 Å². The van der Waals surface area contributed by atoms with Crippen molar-refractivity contribution in [2.45, 2.75) is 32.2 Å². The van der Waals surface area contributed by atoms with E-state index in [2.05, 4.69) is 6.07 Å². The number of carbonyl (C=O) groups excluding carboxylic acids is 1. The molecule has 1 aliphatic rings. The van der Waals surface area contributed by atoms with Crippen LogP contribution in [0.5, 0.6) is 5.75 Å². The lowest BCUT2D eigenvalue weighted by atomic mass is 9.98. The van der Waals surface area contributed by atoms with Gasteiger partial charge in [-0.1, -0.05) is 12.1 Å². The van der Waals surface area contributed by atoms with E-state index in [0.29, 0.717) is 19.5 Å². The van der Waals surface area contributed by atoms with Crippen molar-refractivity contribution in [1.29, 1.82) is 0 Å². The van der Waals surface area contributed by atoms with Gasteiger partial charge in [0.25, 0.3) is 0 Å². The van der Waals surface area contributed by atoms with Crippen molar-refractivity contribution in [3.05, 3.63) is 29.3 Å². The molecule has 0 unspecified atom stereocenters. The first kappa shape index (κ1) is 14.4. The Morgan fingerprint density at radius 1 is 1.35 bits per heavy atom. The minimum Gasteiger partial charge on any atom is -0.496 e. The molecular weight excluding hydrogens is 258 g/mol. The quantitative estimate of drug-likeness (QED) is 0.891. The molecule has 0 saturated heterocycles. The van der Waals surface area contributed by atoms with E-state index in [-0.39, 0.29) is 18.7 Å². The summed E-state index contributed by atoms with van der Waals surface area (Å²) in [5.41, 5.74) is 2.28. The number of ether oxygens (including phenoxy) is 1. The van der Waals surface area contributed by atoms with E-state index < -0.39 is 5.97 Å². The lowest BCUT2D eigenvalue weighted by Gasteiger charge is -2.30. The van der Waals surface area contributed by atoms with Crippen molar-refractivity contribution < 1.29 is 19.4 Å². The normalized spacial score (nSPS) is 13.8. The number of carbonyl (C=O) groups is 2. The number of hydrogen-bond donors (Lipinski definition) is 1. The highest BCUT2D eigenvalue weighted by Crippen LogP contribution is 2.28. The van der Waals surface area contributed by atoms with Crippen LogP contribution in [0.3, 0.4) is 0 Å². The molecule has 1 N–H and O–H groups in total. The molecule has 0 fully saturated rings. The van der Waals surface area contributed by atoms with Crippen molar-refractivity contribution in [3.8, 4) is 5.75 Å². The average molecular weight is 277 g/mol. The van der Waals surface area contributed by atoms with Gasteiger partial charge in [0, 0.05) is 31.5 Å². The predicted molar refractivity (Wildman–Crippen MR) is 73.6 cm³/mol. The minimum absolute atomic E-state index is 0.0165. The van der Waals surface area contributed by atoms with Gasteiger partial charge in [0.15, 0.2) is 0 Å². The van der Waals surface area contributed by atoms with Gasteiger partial charge >= 0.3 is 5.97 Å². The molecule has 0 spiro atoms. The summed E-state index contributed by atoms with van der Waals surface area (Å²) in [6.45, 7) is 1.23. The van der Waals surface area contributed by atoms with E-state index in [1.807, 2.05) is 12.1 Å². The van der Waals surface area contributed by atoms with Gasteiger partial charge in [0.05, 0.1) is 7.11 Å². The molecule has 0 radical (unpaired) electrons. The molecular formula is C15H19NO4. The zero-order chi connectivity index (χ0) is 14.5. The number of aliphatic carboxylic acids is 1. The standard InChI is InChI=1S/C15H19NO4/c1-20-13-5-2-4-11-8-9-16(10-12(11)13)14(17)6-3-7-15(18)19/h2,4-5H,3,6-10H2,1H3,(H,18,19). The number of methoxy groups -OCH3 is 1. The summed E-state index contributed by atoms with van der Waals surface area (Å²) in [6.07, 6.45) is 1.54. The first-order chi connectivity index (χ1) is 9.61. The molecule has 1 amide bonds. The smallest absolute Gasteiger partial charge is 0.303 e. The number of carboxylic acids is 1. The van der Waals surface area contributed by atoms with Gasteiger partial charge in [-0.2, -0.15) is 0 Å². The van der Waals surface area contributed by atoms with Crippen LogP contribution in [0.1, 0.15) is 30.4 Å². The summed E-state index contributed by atoms with van der Waals surface area (Å²) in [5, 5.41) is 8.59. The SMILES string of the molecule is COc1cccc2c1CN(C(=O)CCCC(=O)O)CC2. The second-order valence-corrected chi connectivity index (χ2v) is 4.91. The third-order valence-corrected chi connectivity index (χ3v) is 3.58. The fourth-order valence-electron chi connectivity index (χ4n) is 2.50. The Labute approximate surface area is 118 Å². The van der Waals surface area contributed by atoms with Gasteiger partial charge in [0.2, 0.25) is 5.91 Å². The van der Waals surface area contributed by atoms with Crippen LogP contribution in [0.25, 0.3) is 0 Å². The summed E-state index contributed by atoms with van der Waals surface area (Å²) in [4.78, 5) is 24.3. The second kappa shape index (κ2) is 6.41. The van der Waals surface area contributed by atoms with Gasteiger partial charge < -0.3 is 14.7 Å². The van der Waals surface area contributed by atoms with E-state index in [1.165, 1.54) is 5.56 Å². The van der Waals surface area contributed by atoms with Crippen molar-refractivity contribution >= 4 is 11.9 Å². The fraction of sp³-hybridized carbons (Fsp3) is 0.467. The Kier molecular flexibility index (Phi) is 4.61. The van der Waals surface area contributed by atoms with E-state index in [1.54, 1.807) is 12.0 Å². The van der Waals surface area contributed by atoms with Gasteiger partial charge in [-0.25, -0.2) is 0 Å². The molecule has 1 aromatic rings. The van der Waals surface area contributed by atoms with Gasteiger partial charge in [-0.3, -0.25) is 9.59 Å². The lowest BCUT2D eigenvalue weighted by molar-refractivity contribution is -0.137. The van der Waals surface area contributed by atoms with Crippen molar-refractivity contribution in [2.75, 3.05) is 13.7 Å². The van der Waals surface area contributed by atoms with Crippen LogP contribution in [0.4, 0.5) is 0 Å². The molecule has 1 aromatic carbocycles. The molecule has 0 aliphatic carbocycles. The summed E-state index contributed by atoms with van der Waals surface area (Å²) in [5.74, 6) is -0.0307. The third kappa shape index (κ3) is 3.29. The molecule has 1 heterocycles. The van der Waals surface area contributed by atoms with E-state index >= 15 is 0 Å². The Balaban J connectivity index is 1.99. The van der Waals surface area contributed by atoms with E-state index in [0.717, 1.165) is 17.7 Å². The maximum absolute atomic E-state index is 12.1. The summed E-state index contributed by atoms with van der Waals surface area (Å²) < 4.78 is 5.34. The Morgan fingerprint density at radius 2 is 2.15 bits per heavy atom. The number of hydrogen-bond acceptors (Lipinski definition) is 3. The molecule has 108 valence electrons. The first-order valence-corrected chi connectivity index (χ1v) is 6.76. The molecule has 5 heteroatoms. The molecule has 5 nitrogen and oxygen atoms in total. The maximum Gasteiger partial charge on any atom is 0.303 e. The lowest BCUT2D eigenvalue weighted by Crippen LogP contribution is -2.36. The number of rotatable bonds is 5. The Morgan fingerprint density at radius 3 is 2.85 bits per heavy atom. The molecule has 0 saturated carbocycles. The predicted octanol–water partition coefficient (Wildman–Crippen LogP) is 1.83. The number of carboxylic acid groups (broad SMARTS) is 1. The second-order valence-electron chi connectivity index (χ2n) is 4.91. The van der Waals surface area contributed by atoms with Crippen molar-refractivity contribution in [2.24, 2.45) is 0 Å². The summed E-state index contributed by atoms with van der Waals surface area (Å²) in [7, 11) is 1.63. The highest BCUT2D eigenvalue weighted by atomic mass is 16.5. The fourth-order valence-corrected chi connectivity index (χ4v) is 2.50. The molecule has 1 aliphatic heterocycles. The van der Waals surface area contributed by atoms with Crippen LogP contribution in [0.15, 0.2) is 18.2 Å². The van der Waals surface area contributed by atoms with Crippen LogP contribution in [-0.4, -0.2) is 35.5 Å². The molecule has 2 rings (SSSR count). The summed E-state index contributed by atoms with van der Waals surface area (Å²) >= 11 is 0. The highest BCUT2D eigenvalue weighted by molar-refractivity contribution is 5.77. The maximum atomic E-state index is 12.1. The number of benzene rings is 1. The zero-order valence-electron chi connectivity index (χ0n) is 11.6. The largest absolute Gasteiger partial charge is 0.496 e. The number of nitrogens with zero attached hydrogens (tertiary/aromatic N) is 1. The Hall–Kier alpha value is -2.04. The first-order valence-electron chi connectivity index (χ1n) is 6.76. The minimum atomic E-state index is -0.858.